The molecular formula is C20H19N5O2. The maximum absolute atomic E-state index is 12.4. The van der Waals surface area contributed by atoms with Crippen molar-refractivity contribution in [2.45, 2.75) is 19.4 Å². The fourth-order valence-electron chi connectivity index (χ4n) is 3.14. The van der Waals surface area contributed by atoms with Gasteiger partial charge in [0, 0.05) is 30.1 Å². The lowest BCUT2D eigenvalue weighted by molar-refractivity contribution is -0.121. The molecule has 0 aliphatic carbocycles. The molecule has 7 nitrogen and oxygen atoms in total. The van der Waals surface area contributed by atoms with Crippen LogP contribution in [0.25, 0.3) is 21.8 Å². The van der Waals surface area contributed by atoms with Crippen molar-refractivity contribution in [1.82, 2.24) is 25.3 Å². The Morgan fingerprint density at radius 3 is 2.74 bits per heavy atom. The van der Waals surface area contributed by atoms with Gasteiger partial charge in [0.05, 0.1) is 11.9 Å². The van der Waals surface area contributed by atoms with Gasteiger partial charge in [-0.3, -0.25) is 9.59 Å². The second-order valence-electron chi connectivity index (χ2n) is 6.34. The van der Waals surface area contributed by atoms with Crippen molar-refractivity contribution >= 4 is 27.7 Å². The standard InChI is InChI=1S/C20H19N5O2/c26-19(21-11-9-14-13-22-17-7-3-1-5-15(14)17)10-12-25-20(27)16-6-2-4-8-18(16)23-24-25/h1-8,13,22H,9-12H2,(H,21,26). The van der Waals surface area contributed by atoms with Gasteiger partial charge in [-0.25, -0.2) is 4.68 Å². The van der Waals surface area contributed by atoms with E-state index in [0.29, 0.717) is 17.4 Å². The van der Waals surface area contributed by atoms with Crippen LogP contribution >= 0.6 is 0 Å². The summed E-state index contributed by atoms with van der Waals surface area (Å²) in [6, 6.07) is 15.1. The third-order valence-electron chi connectivity index (χ3n) is 4.57. The summed E-state index contributed by atoms with van der Waals surface area (Å²) in [4.78, 5) is 27.7. The lowest BCUT2D eigenvalue weighted by Crippen LogP contribution is -2.30. The van der Waals surface area contributed by atoms with Gasteiger partial charge in [-0.1, -0.05) is 35.5 Å². The van der Waals surface area contributed by atoms with Crippen molar-refractivity contribution in [2.24, 2.45) is 0 Å². The molecule has 0 spiro atoms. The molecule has 0 radical (unpaired) electrons. The summed E-state index contributed by atoms with van der Waals surface area (Å²) >= 11 is 0. The third kappa shape index (κ3) is 3.57. The van der Waals surface area contributed by atoms with Crippen LogP contribution in [-0.2, 0) is 17.8 Å². The summed E-state index contributed by atoms with van der Waals surface area (Å²) in [6.07, 6.45) is 2.90. The molecule has 0 aliphatic heterocycles. The molecular weight excluding hydrogens is 342 g/mol. The van der Waals surface area contributed by atoms with E-state index >= 15 is 0 Å². The number of benzene rings is 2. The lowest BCUT2D eigenvalue weighted by atomic mass is 10.1. The fraction of sp³-hybridized carbons (Fsp3) is 0.200. The fourth-order valence-corrected chi connectivity index (χ4v) is 3.14. The molecule has 0 bridgehead atoms. The van der Waals surface area contributed by atoms with E-state index in [4.69, 9.17) is 0 Å². The van der Waals surface area contributed by atoms with E-state index in [-0.39, 0.29) is 24.4 Å². The third-order valence-corrected chi connectivity index (χ3v) is 4.57. The molecule has 2 heterocycles. The van der Waals surface area contributed by atoms with Gasteiger partial charge in [-0.05, 0) is 30.2 Å². The molecule has 2 aromatic carbocycles. The van der Waals surface area contributed by atoms with Gasteiger partial charge >= 0.3 is 0 Å². The number of aromatic amines is 1. The highest BCUT2D eigenvalue weighted by molar-refractivity contribution is 5.83. The molecule has 4 aromatic rings. The van der Waals surface area contributed by atoms with E-state index in [1.807, 2.05) is 30.5 Å². The summed E-state index contributed by atoms with van der Waals surface area (Å²) in [5.41, 5.74) is 2.59. The van der Waals surface area contributed by atoms with Crippen molar-refractivity contribution in [3.05, 3.63) is 70.6 Å². The topological polar surface area (TPSA) is 92.7 Å². The van der Waals surface area contributed by atoms with Gasteiger partial charge < -0.3 is 10.3 Å². The number of carbonyl (C=O) groups is 1. The molecule has 0 saturated carbocycles. The van der Waals surface area contributed by atoms with Crippen LogP contribution < -0.4 is 10.9 Å². The number of aromatic nitrogens is 4. The zero-order valence-corrected chi connectivity index (χ0v) is 14.7. The van der Waals surface area contributed by atoms with Gasteiger partial charge in [0.1, 0.15) is 5.52 Å². The number of hydrogen-bond acceptors (Lipinski definition) is 4. The van der Waals surface area contributed by atoms with Gasteiger partial charge in [-0.15, -0.1) is 5.10 Å². The Balaban J connectivity index is 1.32. The molecule has 2 aromatic heterocycles. The highest BCUT2D eigenvalue weighted by atomic mass is 16.2. The van der Waals surface area contributed by atoms with Crippen LogP contribution in [0.4, 0.5) is 0 Å². The quantitative estimate of drug-likeness (QED) is 0.549. The van der Waals surface area contributed by atoms with Gasteiger partial charge in [-0.2, -0.15) is 0 Å². The number of nitrogens with zero attached hydrogens (tertiary/aromatic N) is 3. The van der Waals surface area contributed by atoms with Crippen LogP contribution in [-0.4, -0.2) is 32.4 Å². The first-order chi connectivity index (χ1) is 13.2. The maximum atomic E-state index is 12.4. The van der Waals surface area contributed by atoms with Crippen molar-refractivity contribution in [2.75, 3.05) is 6.54 Å². The Morgan fingerprint density at radius 1 is 1.07 bits per heavy atom. The molecule has 2 N–H and O–H groups in total. The predicted molar refractivity (Wildman–Crippen MR) is 103 cm³/mol. The van der Waals surface area contributed by atoms with Crippen molar-refractivity contribution < 1.29 is 4.79 Å². The number of H-pyrrole nitrogens is 1. The van der Waals surface area contributed by atoms with E-state index in [9.17, 15) is 9.59 Å². The molecule has 27 heavy (non-hydrogen) atoms. The van der Waals surface area contributed by atoms with Crippen LogP contribution in [0.1, 0.15) is 12.0 Å². The number of carbonyl (C=O) groups excluding carboxylic acids is 1. The molecule has 136 valence electrons. The number of hydrogen-bond donors (Lipinski definition) is 2. The van der Waals surface area contributed by atoms with Crippen LogP contribution in [0.5, 0.6) is 0 Å². The molecule has 7 heteroatoms. The van der Waals surface area contributed by atoms with Crippen LogP contribution in [0, 0.1) is 0 Å². The predicted octanol–water partition coefficient (Wildman–Crippen LogP) is 2.02. The molecule has 0 saturated heterocycles. The van der Waals surface area contributed by atoms with Crippen LogP contribution in [0.2, 0.25) is 0 Å². The summed E-state index contributed by atoms with van der Waals surface area (Å²) < 4.78 is 1.24. The first-order valence-corrected chi connectivity index (χ1v) is 8.86. The maximum Gasteiger partial charge on any atom is 0.277 e. The number of para-hydroxylation sites is 1. The highest BCUT2D eigenvalue weighted by Gasteiger charge is 2.08. The van der Waals surface area contributed by atoms with Crippen LogP contribution in [0.15, 0.2) is 59.5 Å². The smallest absolute Gasteiger partial charge is 0.277 e. The second-order valence-corrected chi connectivity index (χ2v) is 6.34. The Kier molecular flexibility index (Phi) is 4.65. The van der Waals surface area contributed by atoms with Gasteiger partial charge in [0.15, 0.2) is 0 Å². The summed E-state index contributed by atoms with van der Waals surface area (Å²) in [6.45, 7) is 0.745. The minimum absolute atomic E-state index is 0.114. The summed E-state index contributed by atoms with van der Waals surface area (Å²) in [7, 11) is 0. The number of amides is 1. The molecule has 4 rings (SSSR count). The van der Waals surface area contributed by atoms with Crippen molar-refractivity contribution in [3.8, 4) is 0 Å². The van der Waals surface area contributed by atoms with E-state index < -0.39 is 0 Å². The average Bonchev–Trinajstić information content (AvgIpc) is 3.11. The Hall–Kier alpha value is -3.48. The minimum Gasteiger partial charge on any atom is -0.361 e. The first-order valence-electron chi connectivity index (χ1n) is 8.86. The van der Waals surface area contributed by atoms with Crippen molar-refractivity contribution in [1.29, 1.82) is 0 Å². The van der Waals surface area contributed by atoms with E-state index in [0.717, 1.165) is 11.9 Å². The zero-order valence-electron chi connectivity index (χ0n) is 14.7. The largest absolute Gasteiger partial charge is 0.361 e. The minimum atomic E-state index is -0.229. The Morgan fingerprint density at radius 2 is 1.85 bits per heavy atom. The molecule has 1 amide bonds. The first kappa shape index (κ1) is 17.0. The zero-order chi connectivity index (χ0) is 18.6. The number of rotatable bonds is 6. The molecule has 0 atom stereocenters. The monoisotopic (exact) mass is 361 g/mol. The Bertz CT molecular complexity index is 1160. The number of fused-ring (bicyclic) bond motifs is 2. The average molecular weight is 361 g/mol. The normalized spacial score (nSPS) is 11.1. The second kappa shape index (κ2) is 7.41. The van der Waals surface area contributed by atoms with E-state index in [1.165, 1.54) is 15.6 Å². The van der Waals surface area contributed by atoms with E-state index in [2.05, 4.69) is 26.7 Å². The Labute approximate surface area is 155 Å². The van der Waals surface area contributed by atoms with Crippen molar-refractivity contribution in [3.63, 3.8) is 0 Å². The number of nitrogens with one attached hydrogen (secondary N) is 2. The van der Waals surface area contributed by atoms with Gasteiger partial charge in [0.2, 0.25) is 5.91 Å². The highest BCUT2D eigenvalue weighted by Crippen LogP contribution is 2.17. The molecule has 0 fully saturated rings. The molecule has 0 unspecified atom stereocenters. The van der Waals surface area contributed by atoms with Crippen LogP contribution in [0.3, 0.4) is 0 Å². The van der Waals surface area contributed by atoms with Gasteiger partial charge in [0.25, 0.3) is 5.56 Å². The summed E-state index contributed by atoms with van der Waals surface area (Å²) in [5.74, 6) is -0.114. The summed E-state index contributed by atoms with van der Waals surface area (Å²) in [5, 5.41) is 12.5. The lowest BCUT2D eigenvalue weighted by Gasteiger charge is -2.06. The number of aryl methyl sites for hydroxylation is 1. The van der Waals surface area contributed by atoms with E-state index in [1.54, 1.807) is 18.2 Å². The SMILES string of the molecule is O=C(CCn1nnc2ccccc2c1=O)NCCc1c[nH]c2ccccc12. The molecule has 0 aliphatic rings.